The molecule has 2 aromatic carbocycles. The Kier molecular flexibility index (Phi) is 5.21. The normalized spacial score (nSPS) is 15.0. The smallest absolute Gasteiger partial charge is 0.173 e. The molecule has 4 N–H and O–H groups in total. The second-order valence-corrected chi connectivity index (χ2v) is 8.34. The van der Waals surface area contributed by atoms with Gasteiger partial charge in [-0.25, -0.2) is 4.98 Å². The fourth-order valence-corrected chi connectivity index (χ4v) is 4.41. The summed E-state index contributed by atoms with van der Waals surface area (Å²) in [4.78, 5) is 10.4. The molecule has 0 atom stereocenters. The minimum atomic E-state index is 0.129. The first-order chi connectivity index (χ1) is 15.1. The van der Waals surface area contributed by atoms with Gasteiger partial charge in [0.1, 0.15) is 11.4 Å². The van der Waals surface area contributed by atoms with E-state index in [-0.39, 0.29) is 5.75 Å². The molecular weight excluding hydrogens is 388 g/mol. The lowest BCUT2D eigenvalue weighted by Gasteiger charge is -2.26. The second kappa shape index (κ2) is 8.17. The molecular formula is C24H28N6O. The van der Waals surface area contributed by atoms with Crippen molar-refractivity contribution in [1.82, 2.24) is 24.6 Å². The molecule has 0 bridgehead atoms. The number of nitrogens with zero attached hydrogens (tertiary/aromatic N) is 4. The topological polar surface area (TPSA) is 96.0 Å². The van der Waals surface area contributed by atoms with Gasteiger partial charge in [-0.15, -0.1) is 0 Å². The summed E-state index contributed by atoms with van der Waals surface area (Å²) in [6.45, 7) is 3.80. The van der Waals surface area contributed by atoms with E-state index >= 15 is 0 Å². The van der Waals surface area contributed by atoms with Crippen LogP contribution >= 0.6 is 0 Å². The molecule has 4 aromatic rings. The first-order valence-corrected chi connectivity index (χ1v) is 10.9. The van der Waals surface area contributed by atoms with Crippen LogP contribution in [0.1, 0.15) is 30.4 Å². The summed E-state index contributed by atoms with van der Waals surface area (Å²) in [5.41, 5.74) is 11.8. The number of nitrogens with two attached hydrogens (primary N) is 1. The highest BCUT2D eigenvalue weighted by atomic mass is 16.3. The Morgan fingerprint density at radius 3 is 2.52 bits per heavy atom. The van der Waals surface area contributed by atoms with Gasteiger partial charge in [0.15, 0.2) is 11.6 Å². The number of aromatic hydroxyl groups is 1. The molecule has 3 heterocycles. The summed E-state index contributed by atoms with van der Waals surface area (Å²) in [6.07, 6.45) is 3.92. The minimum absolute atomic E-state index is 0.129. The van der Waals surface area contributed by atoms with E-state index in [0.717, 1.165) is 28.7 Å². The molecule has 0 spiro atoms. The van der Waals surface area contributed by atoms with E-state index in [2.05, 4.69) is 32.1 Å². The van der Waals surface area contributed by atoms with Crippen LogP contribution in [-0.2, 0) is 20.1 Å². The molecule has 1 saturated heterocycles. The standard InChI is InChI=1S/C24H28N6O/c1-29-22(24-26-19-10-7-17(14-25)13-20(19)27-24)23(31)21(28-29)18-8-5-16(6-9-18)15-30-11-3-2-4-12-30/h5-10,13,31H,2-4,11-12,14-15,25H2,1H3,(H,26,27). The number of likely N-dealkylation sites (tertiary alicyclic amines) is 1. The number of H-pyrrole nitrogens is 1. The number of fused-ring (bicyclic) bond motifs is 1. The van der Waals surface area contributed by atoms with Crippen molar-refractivity contribution in [2.24, 2.45) is 12.8 Å². The van der Waals surface area contributed by atoms with Crippen molar-refractivity contribution in [3.05, 3.63) is 53.6 Å². The number of aromatic amines is 1. The van der Waals surface area contributed by atoms with Gasteiger partial charge in [0.25, 0.3) is 0 Å². The largest absolute Gasteiger partial charge is 0.504 e. The molecule has 0 aliphatic carbocycles. The van der Waals surface area contributed by atoms with Gasteiger partial charge in [0, 0.05) is 25.7 Å². The van der Waals surface area contributed by atoms with Crippen LogP contribution in [0, 0.1) is 0 Å². The van der Waals surface area contributed by atoms with Crippen LogP contribution in [0.2, 0.25) is 0 Å². The summed E-state index contributed by atoms with van der Waals surface area (Å²) >= 11 is 0. The van der Waals surface area contributed by atoms with Crippen molar-refractivity contribution < 1.29 is 5.11 Å². The Morgan fingerprint density at radius 2 is 1.77 bits per heavy atom. The molecule has 1 fully saturated rings. The van der Waals surface area contributed by atoms with Crippen LogP contribution < -0.4 is 5.73 Å². The number of rotatable bonds is 5. The van der Waals surface area contributed by atoms with E-state index in [0.29, 0.717) is 23.8 Å². The van der Waals surface area contributed by atoms with E-state index < -0.39 is 0 Å². The molecule has 1 aliphatic rings. The predicted octanol–water partition coefficient (Wildman–Crippen LogP) is 3.78. The molecule has 31 heavy (non-hydrogen) atoms. The number of nitrogens with one attached hydrogen (secondary N) is 1. The Labute approximate surface area is 181 Å². The van der Waals surface area contributed by atoms with E-state index in [1.807, 2.05) is 37.4 Å². The third-order valence-electron chi connectivity index (χ3n) is 6.11. The summed E-state index contributed by atoms with van der Waals surface area (Å²) in [6, 6.07) is 14.2. The highest BCUT2D eigenvalue weighted by Crippen LogP contribution is 2.37. The maximum atomic E-state index is 11.0. The molecule has 160 valence electrons. The average Bonchev–Trinajstić information content (AvgIpc) is 3.34. The lowest BCUT2D eigenvalue weighted by atomic mass is 10.1. The van der Waals surface area contributed by atoms with Crippen LogP contribution in [0.25, 0.3) is 33.8 Å². The Morgan fingerprint density at radius 1 is 1.03 bits per heavy atom. The number of piperidine rings is 1. The summed E-state index contributed by atoms with van der Waals surface area (Å²) < 4.78 is 1.67. The number of aromatic nitrogens is 4. The van der Waals surface area contributed by atoms with Crippen molar-refractivity contribution in [2.75, 3.05) is 13.1 Å². The van der Waals surface area contributed by atoms with Crippen molar-refractivity contribution in [2.45, 2.75) is 32.4 Å². The van der Waals surface area contributed by atoms with Gasteiger partial charge in [-0.1, -0.05) is 36.8 Å². The van der Waals surface area contributed by atoms with Gasteiger partial charge in [0.2, 0.25) is 0 Å². The molecule has 1 aliphatic heterocycles. The highest BCUT2D eigenvalue weighted by Gasteiger charge is 2.21. The van der Waals surface area contributed by atoms with Gasteiger partial charge in [-0.3, -0.25) is 9.58 Å². The van der Waals surface area contributed by atoms with Crippen molar-refractivity contribution >= 4 is 11.0 Å². The molecule has 0 radical (unpaired) electrons. The maximum absolute atomic E-state index is 11.0. The van der Waals surface area contributed by atoms with Crippen LogP contribution in [0.4, 0.5) is 0 Å². The predicted molar refractivity (Wildman–Crippen MR) is 122 cm³/mol. The summed E-state index contributed by atoms with van der Waals surface area (Å²) in [7, 11) is 1.82. The molecule has 2 aromatic heterocycles. The number of hydrogen-bond donors (Lipinski definition) is 3. The monoisotopic (exact) mass is 416 g/mol. The highest BCUT2D eigenvalue weighted by molar-refractivity contribution is 5.82. The van der Waals surface area contributed by atoms with E-state index in [4.69, 9.17) is 5.73 Å². The first-order valence-electron chi connectivity index (χ1n) is 10.9. The third-order valence-corrected chi connectivity index (χ3v) is 6.11. The van der Waals surface area contributed by atoms with Gasteiger partial charge >= 0.3 is 0 Å². The van der Waals surface area contributed by atoms with Crippen LogP contribution in [0.15, 0.2) is 42.5 Å². The SMILES string of the molecule is Cn1nc(-c2ccc(CN3CCCCC3)cc2)c(O)c1-c1nc2ccc(CN)cc2[nH]1. The second-order valence-electron chi connectivity index (χ2n) is 8.34. The van der Waals surface area contributed by atoms with Gasteiger partial charge < -0.3 is 15.8 Å². The number of hydrogen-bond acceptors (Lipinski definition) is 5. The fraction of sp³-hybridized carbons (Fsp3) is 0.333. The van der Waals surface area contributed by atoms with Gasteiger partial charge in [0.05, 0.1) is 11.0 Å². The molecule has 0 unspecified atom stereocenters. The molecule has 0 saturated carbocycles. The minimum Gasteiger partial charge on any atom is -0.504 e. The molecule has 7 heteroatoms. The van der Waals surface area contributed by atoms with Gasteiger partial charge in [-0.05, 0) is 49.2 Å². The zero-order chi connectivity index (χ0) is 21.4. The van der Waals surface area contributed by atoms with Gasteiger partial charge in [-0.2, -0.15) is 5.10 Å². The molecule has 7 nitrogen and oxygen atoms in total. The number of imidazole rings is 1. The Balaban J connectivity index is 1.43. The van der Waals surface area contributed by atoms with Crippen molar-refractivity contribution in [3.8, 4) is 28.5 Å². The van der Waals surface area contributed by atoms with Crippen LogP contribution in [0.5, 0.6) is 5.75 Å². The van der Waals surface area contributed by atoms with Crippen LogP contribution in [-0.4, -0.2) is 42.8 Å². The third kappa shape index (κ3) is 3.82. The quantitative estimate of drug-likeness (QED) is 0.460. The van der Waals surface area contributed by atoms with E-state index in [9.17, 15) is 5.11 Å². The first kappa shape index (κ1) is 19.8. The lowest BCUT2D eigenvalue weighted by Crippen LogP contribution is -2.28. The lowest BCUT2D eigenvalue weighted by molar-refractivity contribution is 0.221. The maximum Gasteiger partial charge on any atom is 0.173 e. The Bertz CT molecular complexity index is 1200. The fourth-order valence-electron chi connectivity index (χ4n) is 4.41. The van der Waals surface area contributed by atoms with E-state index in [1.165, 1.54) is 37.9 Å². The van der Waals surface area contributed by atoms with E-state index in [1.54, 1.807) is 4.68 Å². The zero-order valence-electron chi connectivity index (χ0n) is 17.8. The molecule has 0 amide bonds. The average molecular weight is 417 g/mol. The number of aryl methyl sites for hydroxylation is 1. The summed E-state index contributed by atoms with van der Waals surface area (Å²) in [5.74, 6) is 0.717. The van der Waals surface area contributed by atoms with Crippen LogP contribution in [0.3, 0.4) is 0 Å². The van der Waals surface area contributed by atoms with Crippen molar-refractivity contribution in [1.29, 1.82) is 0 Å². The molecule has 5 rings (SSSR count). The number of benzene rings is 2. The van der Waals surface area contributed by atoms with Crippen molar-refractivity contribution in [3.63, 3.8) is 0 Å². The Hall–Kier alpha value is -3.16. The zero-order valence-corrected chi connectivity index (χ0v) is 17.8. The summed E-state index contributed by atoms with van der Waals surface area (Å²) in [5, 5.41) is 15.6.